The third-order valence-corrected chi connectivity index (χ3v) is 5.94. The van der Waals surface area contributed by atoms with Gasteiger partial charge in [0.25, 0.3) is 0 Å². The molecule has 3 N–H and O–H groups in total. The Kier molecular flexibility index (Phi) is 1.63. The summed E-state index contributed by atoms with van der Waals surface area (Å²) in [5.74, 6) is 6.12. The first kappa shape index (κ1) is 9.60. The Morgan fingerprint density at radius 1 is 1.47 bits per heavy atom. The Morgan fingerprint density at radius 2 is 2.20 bits per heavy atom. The predicted molar refractivity (Wildman–Crippen MR) is 63.0 cm³/mol. The van der Waals surface area contributed by atoms with Gasteiger partial charge < -0.3 is 0 Å². The lowest BCUT2D eigenvalue weighted by molar-refractivity contribution is 0.227. The largest absolute Gasteiger partial charge is 0.300 e. The van der Waals surface area contributed by atoms with Gasteiger partial charge in [-0.3, -0.25) is 5.43 Å². The van der Waals surface area contributed by atoms with Gasteiger partial charge in [-0.05, 0) is 18.3 Å². The quantitative estimate of drug-likeness (QED) is 0.568. The van der Waals surface area contributed by atoms with Gasteiger partial charge in [-0.1, -0.05) is 20.8 Å². The van der Waals surface area contributed by atoms with Gasteiger partial charge in [0.15, 0.2) is 5.13 Å². The van der Waals surface area contributed by atoms with Crippen LogP contribution in [0.2, 0.25) is 0 Å². The van der Waals surface area contributed by atoms with Gasteiger partial charge in [0.1, 0.15) is 0 Å². The normalized spacial score (nSPS) is 35.6. The summed E-state index contributed by atoms with van der Waals surface area (Å²) in [6.07, 6.45) is 2.58. The molecule has 0 unspecified atom stereocenters. The molecule has 0 radical (unpaired) electrons. The molecule has 0 aromatic carbocycles. The highest BCUT2D eigenvalue weighted by atomic mass is 32.1. The van der Waals surface area contributed by atoms with Gasteiger partial charge in [0.05, 0.1) is 5.69 Å². The topological polar surface area (TPSA) is 50.9 Å². The number of hydrogen-bond donors (Lipinski definition) is 2. The molecule has 1 saturated carbocycles. The van der Waals surface area contributed by atoms with E-state index in [0.717, 1.165) is 5.13 Å². The summed E-state index contributed by atoms with van der Waals surface area (Å²) in [4.78, 5) is 6.12. The number of nitrogens with zero attached hydrogens (tertiary/aromatic N) is 1. The monoisotopic (exact) mass is 223 g/mol. The second kappa shape index (κ2) is 2.55. The lowest BCUT2D eigenvalue weighted by atomic mass is 9.70. The van der Waals surface area contributed by atoms with Gasteiger partial charge >= 0.3 is 0 Å². The summed E-state index contributed by atoms with van der Waals surface area (Å²) < 4.78 is 0. The van der Waals surface area contributed by atoms with Crippen molar-refractivity contribution in [1.82, 2.24) is 4.98 Å². The molecule has 4 heteroatoms. The van der Waals surface area contributed by atoms with E-state index < -0.39 is 0 Å². The highest BCUT2D eigenvalue weighted by molar-refractivity contribution is 7.15. The van der Waals surface area contributed by atoms with E-state index in [2.05, 4.69) is 31.2 Å². The molecule has 3 nitrogen and oxygen atoms in total. The second-order valence-electron chi connectivity index (χ2n) is 5.52. The molecule has 82 valence electrons. The van der Waals surface area contributed by atoms with Crippen molar-refractivity contribution in [1.29, 1.82) is 0 Å². The van der Waals surface area contributed by atoms with Crippen LogP contribution in [-0.2, 0) is 5.41 Å². The molecule has 1 fully saturated rings. The van der Waals surface area contributed by atoms with Crippen LogP contribution in [0.25, 0.3) is 0 Å². The molecule has 0 amide bonds. The number of aromatic nitrogens is 1. The Hall–Kier alpha value is -0.610. The SMILES string of the molecule is CC1(C)[C@@H]2CC[C@]1(C)c1nc(NN)sc12. The maximum atomic E-state index is 5.43. The Morgan fingerprint density at radius 3 is 2.80 bits per heavy atom. The molecule has 3 rings (SSSR count). The minimum Gasteiger partial charge on any atom is -0.300 e. The van der Waals surface area contributed by atoms with Crippen LogP contribution in [0.1, 0.15) is 50.1 Å². The van der Waals surface area contributed by atoms with Crippen molar-refractivity contribution in [3.8, 4) is 0 Å². The molecule has 15 heavy (non-hydrogen) atoms. The number of fused-ring (bicyclic) bond motifs is 5. The van der Waals surface area contributed by atoms with Crippen molar-refractivity contribution in [2.75, 3.05) is 5.43 Å². The molecule has 1 aromatic heterocycles. The summed E-state index contributed by atoms with van der Waals surface area (Å²) in [6, 6.07) is 0. The van der Waals surface area contributed by atoms with Crippen LogP contribution in [0.4, 0.5) is 5.13 Å². The van der Waals surface area contributed by atoms with Crippen LogP contribution in [0.5, 0.6) is 0 Å². The summed E-state index contributed by atoms with van der Waals surface area (Å²) >= 11 is 1.74. The number of anilines is 1. The van der Waals surface area contributed by atoms with Gasteiger partial charge in [0, 0.05) is 16.2 Å². The number of nitrogen functional groups attached to an aromatic ring is 1. The Balaban J connectivity index is 2.20. The van der Waals surface area contributed by atoms with E-state index in [0.29, 0.717) is 11.3 Å². The number of rotatable bonds is 1. The third kappa shape index (κ3) is 0.882. The van der Waals surface area contributed by atoms with Crippen LogP contribution >= 0.6 is 11.3 Å². The zero-order valence-electron chi connectivity index (χ0n) is 9.42. The maximum Gasteiger partial charge on any atom is 0.197 e. The zero-order valence-corrected chi connectivity index (χ0v) is 10.2. The maximum absolute atomic E-state index is 5.43. The molecule has 2 aliphatic rings. The fraction of sp³-hybridized carbons (Fsp3) is 0.727. The van der Waals surface area contributed by atoms with E-state index in [9.17, 15) is 0 Å². The van der Waals surface area contributed by atoms with E-state index in [1.54, 1.807) is 11.3 Å². The van der Waals surface area contributed by atoms with Crippen molar-refractivity contribution < 1.29 is 0 Å². The van der Waals surface area contributed by atoms with Gasteiger partial charge in [0.2, 0.25) is 0 Å². The second-order valence-corrected chi connectivity index (χ2v) is 6.55. The minimum absolute atomic E-state index is 0.263. The molecule has 1 heterocycles. The van der Waals surface area contributed by atoms with Gasteiger partial charge in [-0.2, -0.15) is 0 Å². The third-order valence-electron chi connectivity index (χ3n) is 4.84. The highest BCUT2D eigenvalue weighted by Gasteiger charge is 2.61. The van der Waals surface area contributed by atoms with E-state index >= 15 is 0 Å². The molecule has 1 aromatic rings. The number of nitrogens with one attached hydrogen (secondary N) is 1. The molecule has 0 spiro atoms. The van der Waals surface area contributed by atoms with Crippen LogP contribution in [0.3, 0.4) is 0 Å². The first-order valence-electron chi connectivity index (χ1n) is 5.48. The average molecular weight is 223 g/mol. The van der Waals surface area contributed by atoms with Crippen molar-refractivity contribution >= 4 is 16.5 Å². The average Bonchev–Trinajstić information content (AvgIpc) is 2.74. The van der Waals surface area contributed by atoms with Crippen LogP contribution in [0, 0.1) is 5.41 Å². The first-order chi connectivity index (χ1) is 7.00. The molecule has 0 aliphatic heterocycles. The van der Waals surface area contributed by atoms with E-state index in [1.807, 2.05) is 0 Å². The zero-order chi connectivity index (χ0) is 10.8. The standard InChI is InChI=1S/C11H17N3S/c1-10(2)6-4-5-11(10,3)8-7(6)15-9(13-8)14-12/h6H,4-5,12H2,1-3H3,(H,13,14)/t6-,11-/m1/s1. The number of hydrogen-bond acceptors (Lipinski definition) is 4. The molecule has 2 bridgehead atoms. The molecular formula is C11H17N3S. The number of hydrazine groups is 1. The summed E-state index contributed by atoms with van der Waals surface area (Å²) in [7, 11) is 0. The first-order valence-corrected chi connectivity index (χ1v) is 6.30. The van der Waals surface area contributed by atoms with Gasteiger partial charge in [-0.15, -0.1) is 11.3 Å². The fourth-order valence-electron chi connectivity index (χ4n) is 3.41. The molecule has 2 aliphatic carbocycles. The smallest absolute Gasteiger partial charge is 0.197 e. The predicted octanol–water partition coefficient (Wildman–Crippen LogP) is 2.60. The van der Waals surface area contributed by atoms with Crippen LogP contribution < -0.4 is 11.3 Å². The molecule has 0 saturated heterocycles. The van der Waals surface area contributed by atoms with E-state index in [4.69, 9.17) is 5.84 Å². The minimum atomic E-state index is 0.263. The van der Waals surface area contributed by atoms with Crippen molar-refractivity contribution in [3.05, 3.63) is 10.6 Å². The fourth-order valence-corrected chi connectivity index (χ4v) is 4.73. The lowest BCUT2D eigenvalue weighted by Crippen LogP contribution is -2.32. The number of nitrogens with two attached hydrogens (primary N) is 1. The van der Waals surface area contributed by atoms with Crippen molar-refractivity contribution in [2.45, 2.75) is 44.9 Å². The number of thiazole rings is 1. The van der Waals surface area contributed by atoms with Crippen LogP contribution in [-0.4, -0.2) is 4.98 Å². The Labute approximate surface area is 94.1 Å². The highest BCUT2D eigenvalue weighted by Crippen LogP contribution is 2.68. The van der Waals surface area contributed by atoms with Gasteiger partial charge in [-0.25, -0.2) is 10.8 Å². The molecular weight excluding hydrogens is 206 g/mol. The summed E-state index contributed by atoms with van der Waals surface area (Å²) in [5, 5.41) is 0.869. The van der Waals surface area contributed by atoms with Crippen molar-refractivity contribution in [2.24, 2.45) is 11.3 Å². The van der Waals surface area contributed by atoms with Crippen molar-refractivity contribution in [3.63, 3.8) is 0 Å². The lowest BCUT2D eigenvalue weighted by Gasteiger charge is -2.34. The van der Waals surface area contributed by atoms with E-state index in [1.165, 1.54) is 23.4 Å². The van der Waals surface area contributed by atoms with Crippen LogP contribution in [0.15, 0.2) is 0 Å². The summed E-state index contributed by atoms with van der Waals surface area (Å²) in [6.45, 7) is 7.13. The Bertz CT molecular complexity index is 423. The summed E-state index contributed by atoms with van der Waals surface area (Å²) in [5.41, 5.74) is 4.62. The molecule has 2 atom stereocenters. The van der Waals surface area contributed by atoms with E-state index in [-0.39, 0.29) is 5.41 Å².